The van der Waals surface area contributed by atoms with E-state index in [9.17, 15) is 13.5 Å². The van der Waals surface area contributed by atoms with Crippen molar-refractivity contribution in [1.82, 2.24) is 4.98 Å². The first-order valence-electron chi connectivity index (χ1n) is 8.93. The molecule has 0 spiro atoms. The summed E-state index contributed by atoms with van der Waals surface area (Å²) >= 11 is 0. The summed E-state index contributed by atoms with van der Waals surface area (Å²) in [5.74, 6) is 0.574. The summed E-state index contributed by atoms with van der Waals surface area (Å²) in [6.45, 7) is 3.90. The van der Waals surface area contributed by atoms with Crippen LogP contribution in [0.1, 0.15) is 29.2 Å². The minimum atomic E-state index is -3.68. The molecule has 1 heterocycles. The molecule has 0 atom stereocenters. The third-order valence-corrected chi connectivity index (χ3v) is 5.76. The number of pyridine rings is 1. The van der Waals surface area contributed by atoms with Gasteiger partial charge in [-0.2, -0.15) is 0 Å². The van der Waals surface area contributed by atoms with Crippen molar-refractivity contribution in [3.05, 3.63) is 83.0 Å². The fourth-order valence-corrected chi connectivity index (χ4v) is 3.80. The largest absolute Gasteiger partial charge is 0.508 e. The van der Waals surface area contributed by atoms with Crippen LogP contribution in [0.2, 0.25) is 0 Å². The molecule has 0 fully saturated rings. The Morgan fingerprint density at radius 1 is 1.07 bits per heavy atom. The van der Waals surface area contributed by atoms with E-state index in [2.05, 4.69) is 9.71 Å². The van der Waals surface area contributed by atoms with Crippen molar-refractivity contribution in [2.45, 2.75) is 25.2 Å². The molecule has 1 aromatic heterocycles. The number of benzene rings is 2. The van der Waals surface area contributed by atoms with E-state index in [1.165, 1.54) is 6.20 Å². The molecule has 0 aliphatic rings. The van der Waals surface area contributed by atoms with Crippen molar-refractivity contribution in [1.29, 1.82) is 0 Å². The fourth-order valence-electron chi connectivity index (χ4n) is 2.79. The Kier molecular flexibility index (Phi) is 5.80. The van der Waals surface area contributed by atoms with Crippen molar-refractivity contribution >= 4 is 28.0 Å². The Bertz CT molecular complexity index is 1090. The van der Waals surface area contributed by atoms with Gasteiger partial charge in [0.2, 0.25) is 0 Å². The number of aromatic hydroxyl groups is 1. The number of anilines is 1. The molecule has 0 aliphatic carbocycles. The summed E-state index contributed by atoms with van der Waals surface area (Å²) in [5.41, 5.74) is 3.79. The normalized spacial score (nSPS) is 11.6. The number of nitrogens with one attached hydrogen (secondary N) is 1. The number of nitrogens with zero attached hydrogens (tertiary/aromatic N) is 1. The van der Waals surface area contributed by atoms with Crippen LogP contribution in [0.15, 0.2) is 65.7 Å². The summed E-state index contributed by atoms with van der Waals surface area (Å²) in [5, 5.41) is 9.86. The highest BCUT2D eigenvalue weighted by Crippen LogP contribution is 2.24. The molecule has 5 nitrogen and oxygen atoms in total. The highest BCUT2D eigenvalue weighted by atomic mass is 32.2. The van der Waals surface area contributed by atoms with Gasteiger partial charge in [0, 0.05) is 6.20 Å². The molecule has 144 valence electrons. The van der Waals surface area contributed by atoms with Gasteiger partial charge in [-0.05, 0) is 72.0 Å². The maximum absolute atomic E-state index is 12.5. The minimum absolute atomic E-state index is 0.171. The molecule has 0 bridgehead atoms. The lowest BCUT2D eigenvalue weighted by Crippen LogP contribution is -2.13. The van der Waals surface area contributed by atoms with Gasteiger partial charge in [-0.3, -0.25) is 4.72 Å². The Hall–Kier alpha value is -3.12. The van der Waals surface area contributed by atoms with Crippen LogP contribution in [0.4, 0.5) is 5.82 Å². The minimum Gasteiger partial charge on any atom is -0.508 e. The molecule has 2 aromatic carbocycles. The van der Waals surface area contributed by atoms with Crippen molar-refractivity contribution in [2.24, 2.45) is 0 Å². The molecule has 3 aromatic rings. The number of hydrogen-bond acceptors (Lipinski definition) is 4. The third-order valence-electron chi connectivity index (χ3n) is 4.39. The molecule has 0 unspecified atom stereocenters. The molecule has 0 radical (unpaired) electrons. The maximum atomic E-state index is 12.5. The van der Waals surface area contributed by atoms with Crippen molar-refractivity contribution in [3.8, 4) is 5.75 Å². The van der Waals surface area contributed by atoms with Gasteiger partial charge in [-0.15, -0.1) is 0 Å². The van der Waals surface area contributed by atoms with Gasteiger partial charge in [0.25, 0.3) is 10.0 Å². The Balaban J connectivity index is 1.80. The van der Waals surface area contributed by atoms with Gasteiger partial charge in [0.1, 0.15) is 11.6 Å². The summed E-state index contributed by atoms with van der Waals surface area (Å²) in [6, 6.07) is 15.4. The van der Waals surface area contributed by atoms with Crippen molar-refractivity contribution < 1.29 is 13.5 Å². The molecule has 0 amide bonds. The molecule has 28 heavy (non-hydrogen) atoms. The number of rotatable bonds is 6. The fraction of sp³-hybridized carbons (Fsp3) is 0.136. The van der Waals surface area contributed by atoms with Gasteiger partial charge < -0.3 is 5.11 Å². The predicted octanol–water partition coefficient (Wildman–Crippen LogP) is 4.63. The molecule has 0 saturated carbocycles. The first kappa shape index (κ1) is 19.6. The van der Waals surface area contributed by atoms with Crippen LogP contribution < -0.4 is 4.72 Å². The standard InChI is InChI=1S/C22H22N2O3S/c1-3-18-15-21(25)16(2)14-19(18)10-7-17-8-11-20(12-9-17)28(26,27)24-22-6-4-5-13-23-22/h4-15,25H,3H2,1-2H3,(H,23,24)/b10-7+. The highest BCUT2D eigenvalue weighted by Gasteiger charge is 2.14. The van der Waals surface area contributed by atoms with E-state index in [1.54, 1.807) is 48.5 Å². The Morgan fingerprint density at radius 2 is 1.82 bits per heavy atom. The Morgan fingerprint density at radius 3 is 2.46 bits per heavy atom. The monoisotopic (exact) mass is 394 g/mol. The lowest BCUT2D eigenvalue weighted by atomic mass is 10.0. The average Bonchev–Trinajstić information content (AvgIpc) is 2.69. The summed E-state index contributed by atoms with van der Waals surface area (Å²) in [4.78, 5) is 4.15. The molecule has 0 aliphatic heterocycles. The van der Waals surface area contributed by atoms with Gasteiger partial charge in [-0.1, -0.05) is 37.3 Å². The molecular formula is C22H22N2O3S. The first-order valence-corrected chi connectivity index (χ1v) is 10.4. The lowest BCUT2D eigenvalue weighted by Gasteiger charge is -2.08. The van der Waals surface area contributed by atoms with Crippen LogP contribution in [-0.2, 0) is 16.4 Å². The van der Waals surface area contributed by atoms with Crippen molar-refractivity contribution in [2.75, 3.05) is 4.72 Å². The van der Waals surface area contributed by atoms with Crippen LogP contribution in [0.5, 0.6) is 5.75 Å². The van der Waals surface area contributed by atoms with Crippen LogP contribution in [0.3, 0.4) is 0 Å². The maximum Gasteiger partial charge on any atom is 0.263 e. The second-order valence-electron chi connectivity index (χ2n) is 6.41. The zero-order chi connectivity index (χ0) is 20.1. The van der Waals surface area contributed by atoms with Crippen molar-refractivity contribution in [3.63, 3.8) is 0 Å². The molecule has 3 rings (SSSR count). The number of aromatic nitrogens is 1. The summed E-state index contributed by atoms with van der Waals surface area (Å²) in [6.07, 6.45) is 6.24. The molecular weight excluding hydrogens is 372 g/mol. The number of aryl methyl sites for hydroxylation is 2. The number of phenols is 1. The average molecular weight is 394 g/mol. The zero-order valence-corrected chi connectivity index (χ0v) is 16.6. The van der Waals surface area contributed by atoms with E-state index < -0.39 is 10.0 Å². The van der Waals surface area contributed by atoms with E-state index in [-0.39, 0.29) is 10.7 Å². The number of phenolic OH excluding ortho intramolecular Hbond substituents is 1. The van der Waals surface area contributed by atoms with E-state index in [0.29, 0.717) is 5.75 Å². The quantitative estimate of drug-likeness (QED) is 0.598. The van der Waals surface area contributed by atoms with Crippen LogP contribution >= 0.6 is 0 Å². The second kappa shape index (κ2) is 8.27. The van der Waals surface area contributed by atoms with E-state index in [1.807, 2.05) is 32.1 Å². The zero-order valence-electron chi connectivity index (χ0n) is 15.8. The van der Waals surface area contributed by atoms with Gasteiger partial charge >= 0.3 is 0 Å². The SMILES string of the molecule is CCc1cc(O)c(C)cc1/C=C/c1ccc(S(=O)(=O)Nc2ccccn2)cc1. The predicted molar refractivity (Wildman–Crippen MR) is 113 cm³/mol. The number of hydrogen-bond donors (Lipinski definition) is 2. The highest BCUT2D eigenvalue weighted by molar-refractivity contribution is 7.92. The first-order chi connectivity index (χ1) is 13.4. The second-order valence-corrected chi connectivity index (χ2v) is 8.10. The summed E-state index contributed by atoms with van der Waals surface area (Å²) in [7, 11) is -3.68. The topological polar surface area (TPSA) is 79.3 Å². The van der Waals surface area contributed by atoms with Gasteiger partial charge in [0.05, 0.1) is 4.90 Å². The lowest BCUT2D eigenvalue weighted by molar-refractivity contribution is 0.470. The van der Waals surface area contributed by atoms with E-state index in [0.717, 1.165) is 28.7 Å². The van der Waals surface area contributed by atoms with Crippen LogP contribution in [0.25, 0.3) is 12.2 Å². The van der Waals surface area contributed by atoms with Gasteiger partial charge in [-0.25, -0.2) is 13.4 Å². The molecule has 6 heteroatoms. The third kappa shape index (κ3) is 4.58. The van der Waals surface area contributed by atoms with E-state index >= 15 is 0 Å². The molecule has 0 saturated heterocycles. The number of sulfonamides is 1. The smallest absolute Gasteiger partial charge is 0.263 e. The van der Waals surface area contributed by atoms with Crippen LogP contribution in [0, 0.1) is 6.92 Å². The molecule has 2 N–H and O–H groups in total. The van der Waals surface area contributed by atoms with E-state index in [4.69, 9.17) is 0 Å². The Labute approximate surface area is 165 Å². The van der Waals surface area contributed by atoms with Crippen LogP contribution in [-0.4, -0.2) is 18.5 Å². The van der Waals surface area contributed by atoms with Gasteiger partial charge in [0.15, 0.2) is 0 Å². The summed E-state index contributed by atoms with van der Waals surface area (Å²) < 4.78 is 27.4.